The van der Waals surface area contributed by atoms with Gasteiger partial charge in [0, 0.05) is 18.8 Å². The van der Waals surface area contributed by atoms with E-state index in [1.165, 1.54) is 12.3 Å². The van der Waals surface area contributed by atoms with Crippen LogP contribution in [-0.2, 0) is 0 Å². The highest BCUT2D eigenvalue weighted by Gasteiger charge is 2.12. The van der Waals surface area contributed by atoms with Crippen molar-refractivity contribution in [1.29, 1.82) is 0 Å². The van der Waals surface area contributed by atoms with E-state index in [0.29, 0.717) is 5.69 Å². The number of aliphatic hydroxyl groups is 1. The van der Waals surface area contributed by atoms with Crippen molar-refractivity contribution in [3.8, 4) is 5.75 Å². The van der Waals surface area contributed by atoms with E-state index in [9.17, 15) is 9.90 Å². The smallest absolute Gasteiger partial charge is 0.223 e. The summed E-state index contributed by atoms with van der Waals surface area (Å²) < 4.78 is 1.59. The third-order valence-corrected chi connectivity index (χ3v) is 2.23. The van der Waals surface area contributed by atoms with Gasteiger partial charge in [0.25, 0.3) is 0 Å². The Bertz CT molecular complexity index is 369. The van der Waals surface area contributed by atoms with Gasteiger partial charge >= 0.3 is 0 Å². The van der Waals surface area contributed by atoms with E-state index in [0.717, 1.165) is 0 Å². The lowest BCUT2D eigenvalue weighted by molar-refractivity contribution is 0.228. The third-order valence-electron chi connectivity index (χ3n) is 2.23. The van der Waals surface area contributed by atoms with Gasteiger partial charge in [0.1, 0.15) is 0 Å². The number of aromatic nitrogens is 1. The molecule has 0 radical (unpaired) electrons. The Morgan fingerprint density at radius 3 is 2.79 bits per heavy atom. The van der Waals surface area contributed by atoms with Crippen LogP contribution in [0, 0.1) is 6.92 Å². The highest BCUT2D eigenvalue weighted by molar-refractivity contribution is 5.25. The number of aliphatic hydroxyl groups excluding tert-OH is 1. The summed E-state index contributed by atoms with van der Waals surface area (Å²) in [7, 11) is 0. The molecule has 0 aliphatic rings. The molecule has 1 aromatic rings. The topological polar surface area (TPSA) is 88.5 Å². The van der Waals surface area contributed by atoms with Gasteiger partial charge in [-0.2, -0.15) is 0 Å². The molecule has 0 amide bonds. The molecule has 0 fully saturated rings. The maximum atomic E-state index is 11.0. The van der Waals surface area contributed by atoms with Crippen molar-refractivity contribution in [2.24, 2.45) is 5.73 Å². The van der Waals surface area contributed by atoms with Gasteiger partial charge in [0.05, 0.1) is 18.3 Å². The van der Waals surface area contributed by atoms with Crippen LogP contribution in [-0.4, -0.2) is 27.9 Å². The maximum absolute atomic E-state index is 11.0. The normalized spacial score (nSPS) is 12.8. The van der Waals surface area contributed by atoms with Crippen molar-refractivity contribution >= 4 is 0 Å². The van der Waals surface area contributed by atoms with Crippen LogP contribution in [0.3, 0.4) is 0 Å². The minimum Gasteiger partial charge on any atom is -0.503 e. The fourth-order valence-corrected chi connectivity index (χ4v) is 1.31. The second-order valence-corrected chi connectivity index (χ2v) is 3.09. The zero-order chi connectivity index (χ0) is 10.7. The SMILES string of the molecule is Cc1c(O)c(=O)ccn1C(CN)CO. The van der Waals surface area contributed by atoms with Crippen LogP contribution in [0.4, 0.5) is 0 Å². The minimum absolute atomic E-state index is 0.125. The van der Waals surface area contributed by atoms with E-state index < -0.39 is 5.43 Å². The van der Waals surface area contributed by atoms with Gasteiger partial charge in [0.2, 0.25) is 5.43 Å². The van der Waals surface area contributed by atoms with Crippen LogP contribution < -0.4 is 11.2 Å². The van der Waals surface area contributed by atoms with Gasteiger partial charge in [-0.15, -0.1) is 0 Å². The highest BCUT2D eigenvalue weighted by Crippen LogP contribution is 2.14. The molecule has 0 saturated carbocycles. The van der Waals surface area contributed by atoms with Crippen molar-refractivity contribution in [1.82, 2.24) is 4.57 Å². The van der Waals surface area contributed by atoms with Crippen LogP contribution in [0.25, 0.3) is 0 Å². The summed E-state index contributed by atoms with van der Waals surface area (Å²) in [6.07, 6.45) is 1.52. The number of aromatic hydroxyl groups is 1. The van der Waals surface area contributed by atoms with E-state index in [4.69, 9.17) is 10.8 Å². The van der Waals surface area contributed by atoms with Gasteiger partial charge in [-0.25, -0.2) is 0 Å². The second-order valence-electron chi connectivity index (χ2n) is 3.09. The fraction of sp³-hybridized carbons (Fsp3) is 0.444. The average molecular weight is 198 g/mol. The lowest BCUT2D eigenvalue weighted by Gasteiger charge is -2.19. The summed E-state index contributed by atoms with van der Waals surface area (Å²) in [6.45, 7) is 1.73. The third kappa shape index (κ3) is 1.78. The molecule has 0 aliphatic heterocycles. The van der Waals surface area contributed by atoms with E-state index in [-0.39, 0.29) is 24.9 Å². The Kier molecular flexibility index (Phi) is 3.27. The minimum atomic E-state index is -0.424. The zero-order valence-electron chi connectivity index (χ0n) is 7.97. The number of nitrogens with two attached hydrogens (primary N) is 1. The molecule has 14 heavy (non-hydrogen) atoms. The summed E-state index contributed by atoms with van der Waals surface area (Å²) in [4.78, 5) is 11.0. The number of hydrogen-bond donors (Lipinski definition) is 3. The first-order valence-electron chi connectivity index (χ1n) is 4.33. The molecule has 5 nitrogen and oxygen atoms in total. The van der Waals surface area contributed by atoms with Crippen LogP contribution in [0.15, 0.2) is 17.1 Å². The van der Waals surface area contributed by atoms with Crippen LogP contribution >= 0.6 is 0 Å². The highest BCUT2D eigenvalue weighted by atomic mass is 16.3. The predicted octanol–water partition coefficient (Wildman–Crippen LogP) is -0.646. The molecular formula is C9H14N2O3. The molecule has 0 bridgehead atoms. The first kappa shape index (κ1) is 10.7. The molecule has 1 atom stereocenters. The summed E-state index contributed by atoms with van der Waals surface area (Å²) in [5.74, 6) is -0.292. The first-order chi connectivity index (χ1) is 6.61. The second kappa shape index (κ2) is 4.26. The molecule has 0 aromatic carbocycles. The zero-order valence-corrected chi connectivity index (χ0v) is 7.97. The van der Waals surface area contributed by atoms with E-state index in [1.54, 1.807) is 11.5 Å². The standard InChI is InChI=1S/C9H14N2O3/c1-6-9(14)8(13)2-3-11(6)7(4-10)5-12/h2-3,7,12,14H,4-5,10H2,1H3. The van der Waals surface area contributed by atoms with Crippen LogP contribution in [0.2, 0.25) is 0 Å². The average Bonchev–Trinajstić information content (AvgIpc) is 2.19. The molecule has 1 aromatic heterocycles. The van der Waals surface area contributed by atoms with Crippen molar-refractivity contribution in [3.63, 3.8) is 0 Å². The van der Waals surface area contributed by atoms with Gasteiger partial charge < -0.3 is 20.5 Å². The number of nitrogens with zero attached hydrogens (tertiary/aromatic N) is 1. The summed E-state index contributed by atoms with van der Waals surface area (Å²) >= 11 is 0. The maximum Gasteiger partial charge on any atom is 0.223 e. The van der Waals surface area contributed by atoms with Crippen LogP contribution in [0.5, 0.6) is 5.75 Å². The van der Waals surface area contributed by atoms with Crippen molar-refractivity contribution in [3.05, 3.63) is 28.2 Å². The Balaban J connectivity index is 3.22. The monoisotopic (exact) mass is 198 g/mol. The molecular weight excluding hydrogens is 184 g/mol. The molecule has 78 valence electrons. The van der Waals surface area contributed by atoms with Crippen LogP contribution in [0.1, 0.15) is 11.7 Å². The quantitative estimate of drug-likeness (QED) is 0.602. The summed E-state index contributed by atoms with van der Waals surface area (Å²) in [6, 6.07) is 0.946. The van der Waals surface area contributed by atoms with Gasteiger partial charge in [-0.3, -0.25) is 4.79 Å². The van der Waals surface area contributed by atoms with E-state index in [1.807, 2.05) is 0 Å². The molecule has 0 saturated heterocycles. The van der Waals surface area contributed by atoms with Crippen molar-refractivity contribution in [2.75, 3.05) is 13.2 Å². The lowest BCUT2D eigenvalue weighted by atomic mass is 10.2. The van der Waals surface area contributed by atoms with Gasteiger partial charge in [-0.1, -0.05) is 0 Å². The first-order valence-corrected chi connectivity index (χ1v) is 4.33. The largest absolute Gasteiger partial charge is 0.503 e. The fourth-order valence-electron chi connectivity index (χ4n) is 1.31. The molecule has 1 heterocycles. The van der Waals surface area contributed by atoms with E-state index >= 15 is 0 Å². The molecule has 0 spiro atoms. The molecule has 0 aliphatic carbocycles. The number of pyridine rings is 1. The predicted molar refractivity (Wildman–Crippen MR) is 52.3 cm³/mol. The number of rotatable bonds is 3. The molecule has 5 heteroatoms. The van der Waals surface area contributed by atoms with E-state index in [2.05, 4.69) is 0 Å². The molecule has 4 N–H and O–H groups in total. The molecule has 1 rings (SSSR count). The van der Waals surface area contributed by atoms with Crippen molar-refractivity contribution in [2.45, 2.75) is 13.0 Å². The Labute approximate surface area is 81.4 Å². The van der Waals surface area contributed by atoms with Gasteiger partial charge in [0.15, 0.2) is 5.75 Å². The lowest BCUT2D eigenvalue weighted by Crippen LogP contribution is -2.25. The molecule has 1 unspecified atom stereocenters. The van der Waals surface area contributed by atoms with Gasteiger partial charge in [-0.05, 0) is 6.92 Å². The summed E-state index contributed by atoms with van der Waals surface area (Å²) in [5, 5.41) is 18.4. The number of hydrogen-bond acceptors (Lipinski definition) is 4. The Hall–Kier alpha value is -1.33. The Morgan fingerprint density at radius 1 is 1.64 bits per heavy atom. The Morgan fingerprint density at radius 2 is 2.29 bits per heavy atom. The summed E-state index contributed by atoms with van der Waals surface area (Å²) in [5.41, 5.74) is 5.43. The van der Waals surface area contributed by atoms with Crippen molar-refractivity contribution < 1.29 is 10.2 Å².